The highest BCUT2D eigenvalue weighted by Crippen LogP contribution is 2.24. The maximum Gasteiger partial charge on any atom is 0.237 e. The van der Waals surface area contributed by atoms with Gasteiger partial charge in [0.05, 0.1) is 12.1 Å². The highest BCUT2D eigenvalue weighted by molar-refractivity contribution is 5.81. The van der Waals surface area contributed by atoms with Gasteiger partial charge in [-0.1, -0.05) is 43.3 Å². The number of hydrogen-bond acceptors (Lipinski definition) is 2. The quantitative estimate of drug-likeness (QED) is 0.799. The van der Waals surface area contributed by atoms with E-state index in [0.29, 0.717) is 0 Å². The van der Waals surface area contributed by atoms with Crippen molar-refractivity contribution < 1.29 is 9.18 Å². The third-order valence-corrected chi connectivity index (χ3v) is 4.14. The molecule has 0 radical (unpaired) electrons. The molecule has 1 amide bonds. The fourth-order valence-corrected chi connectivity index (χ4v) is 2.75. The van der Waals surface area contributed by atoms with Gasteiger partial charge in [-0.2, -0.15) is 0 Å². The van der Waals surface area contributed by atoms with Gasteiger partial charge in [-0.3, -0.25) is 10.1 Å². The molecule has 2 N–H and O–H groups in total. The number of amides is 1. The van der Waals surface area contributed by atoms with Crippen molar-refractivity contribution in [3.05, 3.63) is 71.0 Å². The van der Waals surface area contributed by atoms with E-state index in [1.54, 1.807) is 6.07 Å². The minimum absolute atomic E-state index is 0.0680. The summed E-state index contributed by atoms with van der Waals surface area (Å²) in [5.74, 6) is -0.352. The summed E-state index contributed by atoms with van der Waals surface area (Å²) in [7, 11) is 0. The molecule has 0 aromatic heterocycles. The van der Waals surface area contributed by atoms with Gasteiger partial charge in [0, 0.05) is 6.04 Å². The van der Waals surface area contributed by atoms with E-state index in [-0.39, 0.29) is 23.8 Å². The number of halogens is 1. The molecule has 2 atom stereocenters. The topological polar surface area (TPSA) is 41.1 Å². The molecule has 2 aromatic rings. The normalized spacial score (nSPS) is 13.5. The Hall–Kier alpha value is -2.20. The van der Waals surface area contributed by atoms with Crippen LogP contribution < -0.4 is 10.6 Å². The van der Waals surface area contributed by atoms with Crippen molar-refractivity contribution in [1.29, 1.82) is 0 Å². The van der Waals surface area contributed by atoms with Crippen molar-refractivity contribution in [3.63, 3.8) is 0 Å². The molecule has 0 aliphatic carbocycles. The predicted octanol–water partition coefficient (Wildman–Crippen LogP) is 3.98. The third kappa shape index (κ3) is 5.40. The molecule has 4 heteroatoms. The van der Waals surface area contributed by atoms with Crippen molar-refractivity contribution in [3.8, 4) is 0 Å². The minimum atomic E-state index is -0.401. The average Bonchev–Trinajstić information content (AvgIpc) is 2.59. The smallest absolute Gasteiger partial charge is 0.237 e. The first-order chi connectivity index (χ1) is 11.9. The molecule has 134 valence electrons. The van der Waals surface area contributed by atoms with Gasteiger partial charge in [0.2, 0.25) is 5.91 Å². The minimum Gasteiger partial charge on any atom is -0.353 e. The maximum atomic E-state index is 13.7. The summed E-state index contributed by atoms with van der Waals surface area (Å²) in [5, 5.41) is 6.25. The van der Waals surface area contributed by atoms with E-state index < -0.39 is 6.04 Å². The van der Waals surface area contributed by atoms with Crippen molar-refractivity contribution in [1.82, 2.24) is 10.6 Å². The molecule has 0 fully saturated rings. The molecule has 0 saturated carbocycles. The number of carbonyl (C=O) groups is 1. The van der Waals surface area contributed by atoms with Gasteiger partial charge in [-0.05, 0) is 56.0 Å². The molecule has 0 saturated heterocycles. The summed E-state index contributed by atoms with van der Waals surface area (Å²) in [5.41, 5.74) is 3.05. The standard InChI is InChI=1S/C21H27FN2O/c1-5-16-9-11-17(12-10-16)20(18-7-6-8-19(22)13-18)24-15(4)21(25)23-14(2)3/h6-15,20,24H,5H2,1-4H3,(H,23,25)/t15-,20+/m0/s1. The van der Waals surface area contributed by atoms with E-state index in [4.69, 9.17) is 0 Å². The van der Waals surface area contributed by atoms with Crippen molar-refractivity contribution in [2.75, 3.05) is 0 Å². The lowest BCUT2D eigenvalue weighted by molar-refractivity contribution is -0.123. The van der Waals surface area contributed by atoms with Crippen LogP contribution in [0.25, 0.3) is 0 Å². The Morgan fingerprint density at radius 3 is 2.28 bits per heavy atom. The second-order valence-electron chi connectivity index (χ2n) is 6.63. The van der Waals surface area contributed by atoms with Gasteiger partial charge >= 0.3 is 0 Å². The summed E-state index contributed by atoms with van der Waals surface area (Å²) in [6.45, 7) is 7.79. The summed E-state index contributed by atoms with van der Waals surface area (Å²) in [4.78, 5) is 12.3. The second kappa shape index (κ2) is 8.77. The SMILES string of the molecule is CCc1ccc([C@@H](N[C@@H](C)C(=O)NC(C)C)c2cccc(F)c2)cc1. The fourth-order valence-electron chi connectivity index (χ4n) is 2.75. The summed E-state index contributed by atoms with van der Waals surface area (Å²) < 4.78 is 13.7. The molecule has 0 aliphatic heterocycles. The van der Waals surface area contributed by atoms with E-state index in [1.165, 1.54) is 17.7 Å². The molecule has 0 aliphatic rings. The number of rotatable bonds is 7. The molecular weight excluding hydrogens is 315 g/mol. The fraction of sp³-hybridized carbons (Fsp3) is 0.381. The van der Waals surface area contributed by atoms with Gasteiger partial charge in [0.1, 0.15) is 5.82 Å². The molecule has 0 bridgehead atoms. The Morgan fingerprint density at radius 2 is 1.72 bits per heavy atom. The van der Waals surface area contributed by atoms with Crippen molar-refractivity contribution in [2.24, 2.45) is 0 Å². The van der Waals surface area contributed by atoms with Gasteiger partial charge in [-0.25, -0.2) is 4.39 Å². The van der Waals surface area contributed by atoms with Crippen molar-refractivity contribution in [2.45, 2.75) is 52.2 Å². The summed E-state index contributed by atoms with van der Waals surface area (Å²) >= 11 is 0. The van der Waals surface area contributed by atoms with Crippen LogP contribution in [0.1, 0.15) is 50.4 Å². The number of benzene rings is 2. The lowest BCUT2D eigenvalue weighted by atomic mass is 9.96. The molecule has 3 nitrogen and oxygen atoms in total. The van der Waals surface area contributed by atoms with E-state index >= 15 is 0 Å². The third-order valence-electron chi connectivity index (χ3n) is 4.14. The van der Waals surface area contributed by atoms with Crippen LogP contribution in [0.15, 0.2) is 48.5 Å². The Morgan fingerprint density at radius 1 is 1.04 bits per heavy atom. The Bertz CT molecular complexity index is 697. The molecule has 0 heterocycles. The Labute approximate surface area is 149 Å². The molecule has 2 aromatic carbocycles. The molecule has 0 unspecified atom stereocenters. The highest BCUT2D eigenvalue weighted by Gasteiger charge is 2.21. The largest absolute Gasteiger partial charge is 0.353 e. The lowest BCUT2D eigenvalue weighted by Gasteiger charge is -2.25. The van der Waals surface area contributed by atoms with Gasteiger partial charge in [0.25, 0.3) is 0 Å². The number of aryl methyl sites for hydroxylation is 1. The summed E-state index contributed by atoms with van der Waals surface area (Å²) in [6.07, 6.45) is 0.964. The van der Waals surface area contributed by atoms with E-state index in [9.17, 15) is 9.18 Å². The highest BCUT2D eigenvalue weighted by atomic mass is 19.1. The first kappa shape index (κ1) is 19.1. The van der Waals surface area contributed by atoms with Gasteiger partial charge in [-0.15, -0.1) is 0 Å². The van der Waals surface area contributed by atoms with Gasteiger partial charge < -0.3 is 5.32 Å². The zero-order valence-electron chi connectivity index (χ0n) is 15.3. The van der Waals surface area contributed by atoms with Crippen molar-refractivity contribution >= 4 is 5.91 Å². The number of carbonyl (C=O) groups excluding carboxylic acids is 1. The van der Waals surface area contributed by atoms with E-state index in [0.717, 1.165) is 17.5 Å². The Balaban J connectivity index is 2.30. The van der Waals surface area contributed by atoms with Crippen LogP contribution in [-0.2, 0) is 11.2 Å². The average molecular weight is 342 g/mol. The molecule has 0 spiro atoms. The van der Waals surface area contributed by atoms with Crippen LogP contribution in [-0.4, -0.2) is 18.0 Å². The zero-order valence-corrected chi connectivity index (χ0v) is 15.3. The molecule has 25 heavy (non-hydrogen) atoms. The second-order valence-corrected chi connectivity index (χ2v) is 6.63. The van der Waals surface area contributed by atoms with E-state index in [2.05, 4.69) is 29.7 Å². The van der Waals surface area contributed by atoms with Crippen LogP contribution >= 0.6 is 0 Å². The van der Waals surface area contributed by atoms with Gasteiger partial charge in [0.15, 0.2) is 0 Å². The maximum absolute atomic E-state index is 13.7. The summed E-state index contributed by atoms with van der Waals surface area (Å²) in [6, 6.07) is 14.1. The zero-order chi connectivity index (χ0) is 18.4. The lowest BCUT2D eigenvalue weighted by Crippen LogP contribution is -2.46. The molecular formula is C21H27FN2O. The Kier molecular flexibility index (Phi) is 6.71. The van der Waals surface area contributed by atoms with E-state index in [1.807, 2.05) is 39.0 Å². The number of nitrogens with one attached hydrogen (secondary N) is 2. The number of hydrogen-bond donors (Lipinski definition) is 2. The van der Waals surface area contributed by atoms with Crippen LogP contribution in [0.4, 0.5) is 4.39 Å². The first-order valence-electron chi connectivity index (χ1n) is 8.81. The van der Waals surface area contributed by atoms with Crippen LogP contribution in [0.2, 0.25) is 0 Å². The molecule has 2 rings (SSSR count). The van der Waals surface area contributed by atoms with Crippen LogP contribution in [0, 0.1) is 5.82 Å². The van der Waals surface area contributed by atoms with Crippen LogP contribution in [0.5, 0.6) is 0 Å². The first-order valence-corrected chi connectivity index (χ1v) is 8.81. The monoisotopic (exact) mass is 342 g/mol. The predicted molar refractivity (Wildman–Crippen MR) is 99.9 cm³/mol. The van der Waals surface area contributed by atoms with Crippen LogP contribution in [0.3, 0.4) is 0 Å².